The van der Waals surface area contributed by atoms with E-state index in [1.54, 1.807) is 12.3 Å². The number of nitrogen functional groups attached to an aromatic ring is 1. The first-order valence-corrected chi connectivity index (χ1v) is 4.32. The molecule has 5 nitrogen and oxygen atoms in total. The number of anilines is 1. The molecule has 0 radical (unpaired) electrons. The third-order valence-electron chi connectivity index (χ3n) is 1.32. The molecule has 64 valence electrons. The lowest BCUT2D eigenvalue weighted by molar-refractivity contribution is -0.387. The first-order valence-electron chi connectivity index (χ1n) is 3.09. The third kappa shape index (κ3) is 1.48. The van der Waals surface area contributed by atoms with E-state index < -0.39 is 4.92 Å². The van der Waals surface area contributed by atoms with Gasteiger partial charge in [0.25, 0.3) is 0 Å². The molecule has 1 aromatic heterocycles. The summed E-state index contributed by atoms with van der Waals surface area (Å²) in [5, 5.41) is 10.5. The highest BCUT2D eigenvalue weighted by Crippen LogP contribution is 2.30. The molecule has 1 aromatic rings. The zero-order chi connectivity index (χ0) is 9.14. The third-order valence-corrected chi connectivity index (χ3v) is 2.09. The highest BCUT2D eigenvalue weighted by Gasteiger charge is 2.17. The average molecular weight is 185 g/mol. The minimum absolute atomic E-state index is 0.0353. The van der Waals surface area contributed by atoms with Crippen LogP contribution in [0.4, 0.5) is 11.5 Å². The fourth-order valence-corrected chi connectivity index (χ4v) is 1.37. The van der Waals surface area contributed by atoms with Crippen molar-refractivity contribution in [3.63, 3.8) is 0 Å². The van der Waals surface area contributed by atoms with Gasteiger partial charge in [-0.25, -0.2) is 4.98 Å². The van der Waals surface area contributed by atoms with Gasteiger partial charge in [-0.15, -0.1) is 11.8 Å². The molecule has 0 aliphatic rings. The van der Waals surface area contributed by atoms with E-state index in [2.05, 4.69) is 4.98 Å². The lowest BCUT2D eigenvalue weighted by Crippen LogP contribution is -1.99. The summed E-state index contributed by atoms with van der Waals surface area (Å²) in [6.45, 7) is 0. The molecule has 0 aromatic carbocycles. The van der Waals surface area contributed by atoms with Crippen LogP contribution in [-0.2, 0) is 0 Å². The van der Waals surface area contributed by atoms with E-state index in [4.69, 9.17) is 5.73 Å². The molecule has 0 aliphatic heterocycles. The topological polar surface area (TPSA) is 82.0 Å². The van der Waals surface area contributed by atoms with Crippen LogP contribution in [0.2, 0.25) is 0 Å². The molecule has 0 unspecified atom stereocenters. The van der Waals surface area contributed by atoms with Gasteiger partial charge in [0.05, 0.1) is 9.82 Å². The molecular formula is C6H7N3O2S. The molecule has 0 saturated carbocycles. The van der Waals surface area contributed by atoms with Crippen molar-refractivity contribution in [1.29, 1.82) is 0 Å². The first kappa shape index (κ1) is 8.79. The van der Waals surface area contributed by atoms with Crippen LogP contribution in [0, 0.1) is 10.1 Å². The normalized spacial score (nSPS) is 9.75. The van der Waals surface area contributed by atoms with E-state index in [0.29, 0.717) is 4.90 Å². The number of pyridine rings is 1. The highest BCUT2D eigenvalue weighted by atomic mass is 32.2. The average Bonchev–Trinajstić information content (AvgIpc) is 2.03. The fraction of sp³-hybridized carbons (Fsp3) is 0.167. The fourth-order valence-electron chi connectivity index (χ4n) is 0.800. The summed E-state index contributed by atoms with van der Waals surface area (Å²) in [5.41, 5.74) is 5.23. The van der Waals surface area contributed by atoms with Gasteiger partial charge in [0.1, 0.15) is 0 Å². The van der Waals surface area contributed by atoms with Crippen LogP contribution in [0.3, 0.4) is 0 Å². The number of rotatable bonds is 2. The molecule has 0 fully saturated rings. The summed E-state index contributed by atoms with van der Waals surface area (Å²) < 4.78 is 0. The predicted octanol–water partition coefficient (Wildman–Crippen LogP) is 1.29. The van der Waals surface area contributed by atoms with Crippen molar-refractivity contribution in [2.75, 3.05) is 12.0 Å². The van der Waals surface area contributed by atoms with Crippen LogP contribution in [0.25, 0.3) is 0 Å². The molecule has 0 saturated heterocycles. The maximum atomic E-state index is 10.5. The summed E-state index contributed by atoms with van der Waals surface area (Å²) in [6, 6.07) is 1.57. The van der Waals surface area contributed by atoms with Crippen molar-refractivity contribution >= 4 is 23.3 Å². The first-order chi connectivity index (χ1) is 5.66. The second-order valence-corrected chi connectivity index (χ2v) is 2.85. The number of thioether (sulfide) groups is 1. The van der Waals surface area contributed by atoms with Gasteiger partial charge >= 0.3 is 5.69 Å². The van der Waals surface area contributed by atoms with Crippen LogP contribution < -0.4 is 5.73 Å². The summed E-state index contributed by atoms with van der Waals surface area (Å²) in [5.74, 6) is -0.0353. The maximum Gasteiger partial charge on any atom is 0.324 e. The van der Waals surface area contributed by atoms with Crippen molar-refractivity contribution in [2.45, 2.75) is 4.90 Å². The quantitative estimate of drug-likeness (QED) is 0.426. The molecule has 6 heteroatoms. The molecule has 1 heterocycles. The van der Waals surface area contributed by atoms with Crippen molar-refractivity contribution in [3.05, 3.63) is 22.4 Å². The Morgan fingerprint density at radius 2 is 2.42 bits per heavy atom. The Morgan fingerprint density at radius 1 is 1.75 bits per heavy atom. The van der Waals surface area contributed by atoms with E-state index in [0.717, 1.165) is 0 Å². The Morgan fingerprint density at radius 3 is 2.83 bits per heavy atom. The lowest BCUT2D eigenvalue weighted by atomic mass is 10.4. The highest BCUT2D eigenvalue weighted by molar-refractivity contribution is 7.98. The largest absolute Gasteiger partial charge is 0.378 e. The van der Waals surface area contributed by atoms with E-state index in [-0.39, 0.29) is 11.5 Å². The second-order valence-electron chi connectivity index (χ2n) is 2.00. The van der Waals surface area contributed by atoms with E-state index in [9.17, 15) is 10.1 Å². The number of hydrogen-bond donors (Lipinski definition) is 1. The molecule has 0 atom stereocenters. The maximum absolute atomic E-state index is 10.5. The van der Waals surface area contributed by atoms with Crippen LogP contribution in [0.5, 0.6) is 0 Å². The molecule has 12 heavy (non-hydrogen) atoms. The van der Waals surface area contributed by atoms with Gasteiger partial charge in [-0.1, -0.05) is 0 Å². The van der Waals surface area contributed by atoms with Crippen LogP contribution in [-0.4, -0.2) is 16.2 Å². The van der Waals surface area contributed by atoms with Crippen LogP contribution in [0.1, 0.15) is 0 Å². The second kappa shape index (κ2) is 3.40. The Balaban J connectivity index is 3.29. The van der Waals surface area contributed by atoms with Gasteiger partial charge in [-0.05, 0) is 12.3 Å². The zero-order valence-electron chi connectivity index (χ0n) is 6.35. The van der Waals surface area contributed by atoms with E-state index in [1.165, 1.54) is 18.0 Å². The van der Waals surface area contributed by atoms with E-state index in [1.807, 2.05) is 0 Å². The van der Waals surface area contributed by atoms with E-state index >= 15 is 0 Å². The number of aromatic nitrogens is 1. The lowest BCUT2D eigenvalue weighted by Gasteiger charge is -1.99. The van der Waals surface area contributed by atoms with Crippen LogP contribution >= 0.6 is 11.8 Å². The number of nitrogens with two attached hydrogens (primary N) is 1. The standard InChI is InChI=1S/C6H7N3O2S/c1-12-4-2-3-8-6(7)5(4)9(10)11/h2-3H,1H3,(H2,7,8). The van der Waals surface area contributed by atoms with Gasteiger partial charge in [-0.2, -0.15) is 0 Å². The summed E-state index contributed by atoms with van der Waals surface area (Å²) in [7, 11) is 0. The van der Waals surface area contributed by atoms with Crippen molar-refractivity contribution < 1.29 is 4.92 Å². The van der Waals surface area contributed by atoms with Crippen molar-refractivity contribution in [3.8, 4) is 0 Å². The molecule has 1 rings (SSSR count). The SMILES string of the molecule is CSc1ccnc(N)c1[N+](=O)[O-]. The van der Waals surface area contributed by atoms with Gasteiger partial charge in [0, 0.05) is 6.20 Å². The Bertz CT molecular complexity index is 316. The number of nitrogens with zero attached hydrogens (tertiary/aromatic N) is 2. The molecular weight excluding hydrogens is 178 g/mol. The number of nitro groups is 1. The Kier molecular flexibility index (Phi) is 2.49. The van der Waals surface area contributed by atoms with Crippen LogP contribution in [0.15, 0.2) is 17.2 Å². The number of hydrogen-bond acceptors (Lipinski definition) is 5. The minimum atomic E-state index is -0.520. The molecule has 0 spiro atoms. The van der Waals surface area contributed by atoms with Gasteiger partial charge < -0.3 is 5.73 Å². The molecule has 0 aliphatic carbocycles. The van der Waals surface area contributed by atoms with Gasteiger partial charge in [0.2, 0.25) is 5.82 Å². The summed E-state index contributed by atoms with van der Waals surface area (Å²) in [6.07, 6.45) is 3.20. The summed E-state index contributed by atoms with van der Waals surface area (Å²) >= 11 is 1.28. The monoisotopic (exact) mass is 185 g/mol. The van der Waals surface area contributed by atoms with Gasteiger partial charge in [-0.3, -0.25) is 10.1 Å². The predicted molar refractivity (Wildman–Crippen MR) is 47.1 cm³/mol. The van der Waals surface area contributed by atoms with Gasteiger partial charge in [0.15, 0.2) is 0 Å². The Hall–Kier alpha value is -1.30. The smallest absolute Gasteiger partial charge is 0.324 e. The molecule has 0 bridgehead atoms. The van der Waals surface area contributed by atoms with Crippen molar-refractivity contribution in [1.82, 2.24) is 4.98 Å². The van der Waals surface area contributed by atoms with Crippen molar-refractivity contribution in [2.24, 2.45) is 0 Å². The summed E-state index contributed by atoms with van der Waals surface area (Å²) in [4.78, 5) is 14.1. The minimum Gasteiger partial charge on any atom is -0.378 e. The zero-order valence-corrected chi connectivity index (χ0v) is 7.17. The molecule has 2 N–H and O–H groups in total. The Labute approximate surface area is 73.1 Å². The molecule has 0 amide bonds.